The van der Waals surface area contributed by atoms with Crippen LogP contribution in [-0.4, -0.2) is 5.91 Å². The number of rotatable bonds is 3. The Labute approximate surface area is 126 Å². The molecule has 0 spiro atoms. The Morgan fingerprint density at radius 1 is 1.20 bits per heavy atom. The van der Waals surface area contributed by atoms with E-state index in [1.165, 1.54) is 12.1 Å². The highest BCUT2D eigenvalue weighted by molar-refractivity contribution is 9.10. The zero-order valence-electron chi connectivity index (χ0n) is 11.3. The highest BCUT2D eigenvalue weighted by Gasteiger charge is 2.13. The fourth-order valence-electron chi connectivity index (χ4n) is 1.95. The van der Waals surface area contributed by atoms with E-state index in [-0.39, 0.29) is 17.8 Å². The van der Waals surface area contributed by atoms with E-state index >= 15 is 0 Å². The second-order valence-electron chi connectivity index (χ2n) is 4.71. The summed E-state index contributed by atoms with van der Waals surface area (Å²) >= 11 is 3.36. The number of halogens is 2. The van der Waals surface area contributed by atoms with E-state index in [1.54, 1.807) is 18.2 Å². The lowest BCUT2D eigenvalue weighted by atomic mass is 10.1. The molecule has 0 radical (unpaired) electrons. The van der Waals surface area contributed by atoms with Crippen LogP contribution in [0.4, 0.5) is 4.39 Å². The Morgan fingerprint density at radius 2 is 1.85 bits per heavy atom. The molecule has 0 aliphatic heterocycles. The summed E-state index contributed by atoms with van der Waals surface area (Å²) in [6.07, 6.45) is 0. The number of hydrogen-bond donors (Lipinski definition) is 1. The summed E-state index contributed by atoms with van der Waals surface area (Å²) in [4.78, 5) is 12.3. The van der Waals surface area contributed by atoms with E-state index in [1.807, 2.05) is 26.0 Å². The first kappa shape index (κ1) is 14.7. The van der Waals surface area contributed by atoms with Crippen LogP contribution < -0.4 is 5.32 Å². The molecule has 0 aliphatic rings. The second kappa shape index (κ2) is 6.18. The lowest BCUT2D eigenvalue weighted by Gasteiger charge is -2.15. The van der Waals surface area contributed by atoms with Crippen LogP contribution in [0.5, 0.6) is 0 Å². The normalized spacial score (nSPS) is 12.0. The number of amides is 1. The summed E-state index contributed by atoms with van der Waals surface area (Å²) in [6, 6.07) is 11.5. The summed E-state index contributed by atoms with van der Waals surface area (Å²) in [5.41, 5.74) is 2.41. The maximum atomic E-state index is 12.9. The van der Waals surface area contributed by atoms with Crippen molar-refractivity contribution in [2.45, 2.75) is 19.9 Å². The van der Waals surface area contributed by atoms with Crippen molar-refractivity contribution in [3.05, 3.63) is 69.4 Å². The van der Waals surface area contributed by atoms with Gasteiger partial charge in [-0.2, -0.15) is 0 Å². The lowest BCUT2D eigenvalue weighted by molar-refractivity contribution is 0.0939. The summed E-state index contributed by atoms with van der Waals surface area (Å²) in [7, 11) is 0. The van der Waals surface area contributed by atoms with Gasteiger partial charge in [0.2, 0.25) is 0 Å². The Balaban J connectivity index is 2.15. The molecule has 0 saturated carbocycles. The molecule has 0 fully saturated rings. The van der Waals surface area contributed by atoms with Crippen LogP contribution in [-0.2, 0) is 0 Å². The van der Waals surface area contributed by atoms with Crippen LogP contribution in [0.1, 0.15) is 34.5 Å². The topological polar surface area (TPSA) is 29.1 Å². The van der Waals surface area contributed by atoms with E-state index in [0.29, 0.717) is 5.56 Å². The third kappa shape index (κ3) is 3.45. The van der Waals surface area contributed by atoms with Crippen molar-refractivity contribution >= 4 is 21.8 Å². The number of aryl methyl sites for hydroxylation is 1. The SMILES string of the molecule is Cc1ccc(Br)cc1C(=O)NC(C)c1ccc(F)cc1. The number of nitrogens with one attached hydrogen (secondary N) is 1. The quantitative estimate of drug-likeness (QED) is 0.885. The van der Waals surface area contributed by atoms with Crippen LogP contribution >= 0.6 is 15.9 Å². The molecule has 1 N–H and O–H groups in total. The van der Waals surface area contributed by atoms with Gasteiger partial charge in [-0.25, -0.2) is 4.39 Å². The maximum absolute atomic E-state index is 12.9. The third-order valence-electron chi connectivity index (χ3n) is 3.16. The molecule has 0 bridgehead atoms. The second-order valence-corrected chi connectivity index (χ2v) is 5.62. The van der Waals surface area contributed by atoms with Crippen molar-refractivity contribution in [1.82, 2.24) is 5.32 Å². The van der Waals surface area contributed by atoms with E-state index in [4.69, 9.17) is 0 Å². The Hall–Kier alpha value is -1.68. The summed E-state index contributed by atoms with van der Waals surface area (Å²) in [5.74, 6) is -0.421. The van der Waals surface area contributed by atoms with Gasteiger partial charge >= 0.3 is 0 Å². The molecule has 1 unspecified atom stereocenters. The predicted octanol–water partition coefficient (Wildman–Crippen LogP) is 4.39. The average Bonchev–Trinajstić information content (AvgIpc) is 2.42. The molecule has 0 heterocycles. The molecule has 2 aromatic rings. The van der Waals surface area contributed by atoms with Crippen LogP contribution in [0, 0.1) is 12.7 Å². The van der Waals surface area contributed by atoms with Gasteiger partial charge in [0, 0.05) is 10.0 Å². The number of hydrogen-bond acceptors (Lipinski definition) is 1. The monoisotopic (exact) mass is 335 g/mol. The molecule has 0 saturated heterocycles. The molecule has 104 valence electrons. The summed E-state index contributed by atoms with van der Waals surface area (Å²) < 4.78 is 13.7. The fourth-order valence-corrected chi connectivity index (χ4v) is 2.31. The smallest absolute Gasteiger partial charge is 0.252 e. The largest absolute Gasteiger partial charge is 0.346 e. The Bertz CT molecular complexity index is 625. The molecule has 2 aromatic carbocycles. The van der Waals surface area contributed by atoms with Gasteiger partial charge in [-0.3, -0.25) is 4.79 Å². The molecule has 4 heteroatoms. The first-order chi connectivity index (χ1) is 9.47. The van der Waals surface area contributed by atoms with Gasteiger partial charge in [0.05, 0.1) is 6.04 Å². The van der Waals surface area contributed by atoms with E-state index in [9.17, 15) is 9.18 Å². The lowest BCUT2D eigenvalue weighted by Crippen LogP contribution is -2.27. The molecule has 1 amide bonds. The van der Waals surface area contributed by atoms with Crippen LogP contribution in [0.2, 0.25) is 0 Å². The van der Waals surface area contributed by atoms with Gasteiger partial charge in [-0.15, -0.1) is 0 Å². The van der Waals surface area contributed by atoms with Crippen molar-refractivity contribution in [1.29, 1.82) is 0 Å². The minimum Gasteiger partial charge on any atom is -0.346 e. The van der Waals surface area contributed by atoms with E-state index in [0.717, 1.165) is 15.6 Å². The molecule has 2 rings (SSSR count). The van der Waals surface area contributed by atoms with E-state index in [2.05, 4.69) is 21.2 Å². The molecular weight excluding hydrogens is 321 g/mol. The number of carbonyl (C=O) groups is 1. The molecule has 2 nitrogen and oxygen atoms in total. The predicted molar refractivity (Wildman–Crippen MR) is 81.2 cm³/mol. The zero-order chi connectivity index (χ0) is 14.7. The molecule has 0 aliphatic carbocycles. The molecule has 20 heavy (non-hydrogen) atoms. The van der Waals surface area contributed by atoms with Gasteiger partial charge in [-0.05, 0) is 49.2 Å². The van der Waals surface area contributed by atoms with Crippen molar-refractivity contribution in [2.75, 3.05) is 0 Å². The minimum atomic E-state index is -0.282. The first-order valence-electron chi connectivity index (χ1n) is 6.30. The van der Waals surface area contributed by atoms with Gasteiger partial charge < -0.3 is 5.32 Å². The van der Waals surface area contributed by atoms with Crippen molar-refractivity contribution in [3.8, 4) is 0 Å². The number of carbonyl (C=O) groups excluding carboxylic acids is 1. The minimum absolute atomic E-state index is 0.138. The number of benzene rings is 2. The van der Waals surface area contributed by atoms with Gasteiger partial charge in [0.15, 0.2) is 0 Å². The first-order valence-corrected chi connectivity index (χ1v) is 7.09. The van der Waals surface area contributed by atoms with Crippen molar-refractivity contribution < 1.29 is 9.18 Å². The van der Waals surface area contributed by atoms with Crippen molar-refractivity contribution in [2.24, 2.45) is 0 Å². The van der Waals surface area contributed by atoms with Crippen LogP contribution in [0.3, 0.4) is 0 Å². The van der Waals surface area contributed by atoms with E-state index < -0.39 is 0 Å². The maximum Gasteiger partial charge on any atom is 0.252 e. The Morgan fingerprint density at radius 3 is 2.50 bits per heavy atom. The van der Waals surface area contributed by atoms with Crippen LogP contribution in [0.25, 0.3) is 0 Å². The van der Waals surface area contributed by atoms with Gasteiger partial charge in [0.1, 0.15) is 5.82 Å². The molecule has 1 atom stereocenters. The third-order valence-corrected chi connectivity index (χ3v) is 3.66. The summed E-state index contributed by atoms with van der Waals surface area (Å²) in [6.45, 7) is 3.77. The zero-order valence-corrected chi connectivity index (χ0v) is 12.9. The van der Waals surface area contributed by atoms with Crippen molar-refractivity contribution in [3.63, 3.8) is 0 Å². The van der Waals surface area contributed by atoms with Gasteiger partial charge in [-0.1, -0.05) is 34.1 Å². The highest BCUT2D eigenvalue weighted by Crippen LogP contribution is 2.18. The van der Waals surface area contributed by atoms with Gasteiger partial charge in [0.25, 0.3) is 5.91 Å². The van der Waals surface area contributed by atoms with Crippen LogP contribution in [0.15, 0.2) is 46.9 Å². The average molecular weight is 336 g/mol. The summed E-state index contributed by atoms with van der Waals surface area (Å²) in [5, 5.41) is 2.92. The fraction of sp³-hybridized carbons (Fsp3) is 0.188. The standard InChI is InChI=1S/C16H15BrFNO/c1-10-3-6-13(17)9-15(10)16(20)19-11(2)12-4-7-14(18)8-5-12/h3-9,11H,1-2H3,(H,19,20). The molecule has 0 aromatic heterocycles. The highest BCUT2D eigenvalue weighted by atomic mass is 79.9. The Kier molecular flexibility index (Phi) is 4.55. The molecular formula is C16H15BrFNO.